The lowest BCUT2D eigenvalue weighted by Gasteiger charge is -2.20. The van der Waals surface area contributed by atoms with Gasteiger partial charge in [0.1, 0.15) is 0 Å². The fourth-order valence-electron chi connectivity index (χ4n) is 2.49. The Morgan fingerprint density at radius 1 is 1.19 bits per heavy atom. The summed E-state index contributed by atoms with van der Waals surface area (Å²) in [4.78, 5) is 20.1. The molecule has 1 heterocycles. The zero-order valence-electron chi connectivity index (χ0n) is 14.4. The summed E-state index contributed by atoms with van der Waals surface area (Å²) in [5.41, 5.74) is -0.261. The van der Waals surface area contributed by atoms with Crippen LogP contribution in [0.15, 0.2) is 42.7 Å². The van der Waals surface area contributed by atoms with E-state index in [1.807, 2.05) is 6.92 Å². The number of halogens is 3. The van der Waals surface area contributed by atoms with Crippen LogP contribution in [0.4, 0.5) is 19.1 Å². The molecule has 1 aromatic heterocycles. The van der Waals surface area contributed by atoms with Crippen molar-refractivity contribution in [2.75, 3.05) is 11.9 Å². The number of carbonyl (C=O) groups is 1. The number of benzene rings is 1. The summed E-state index contributed by atoms with van der Waals surface area (Å²) in [7, 11) is 0. The van der Waals surface area contributed by atoms with Crippen LogP contribution in [0.1, 0.15) is 43.4 Å². The first-order valence-corrected chi connectivity index (χ1v) is 8.37. The minimum absolute atomic E-state index is 0.164. The van der Waals surface area contributed by atoms with E-state index in [2.05, 4.69) is 20.6 Å². The predicted molar refractivity (Wildman–Crippen MR) is 92.4 cm³/mol. The van der Waals surface area contributed by atoms with E-state index in [1.165, 1.54) is 6.07 Å². The largest absolute Gasteiger partial charge is 0.416 e. The molecule has 0 fully saturated rings. The van der Waals surface area contributed by atoms with E-state index in [9.17, 15) is 18.0 Å². The van der Waals surface area contributed by atoms with Crippen LogP contribution in [0.5, 0.6) is 0 Å². The van der Waals surface area contributed by atoms with Gasteiger partial charge in [0, 0.05) is 25.4 Å². The van der Waals surface area contributed by atoms with Gasteiger partial charge in [0.25, 0.3) is 0 Å². The monoisotopic (exact) mass is 366 g/mol. The van der Waals surface area contributed by atoms with Gasteiger partial charge in [-0.3, -0.25) is 4.79 Å². The molecule has 2 aromatic rings. The molecule has 0 aliphatic rings. The number of carbonyl (C=O) groups excluding carboxylic acids is 1. The Labute approximate surface area is 150 Å². The van der Waals surface area contributed by atoms with E-state index in [-0.39, 0.29) is 12.3 Å². The van der Waals surface area contributed by atoms with Gasteiger partial charge in [0.05, 0.1) is 11.6 Å². The van der Waals surface area contributed by atoms with Crippen molar-refractivity contribution in [1.29, 1.82) is 0 Å². The lowest BCUT2D eigenvalue weighted by molar-refractivity contribution is -0.137. The molecule has 2 rings (SSSR count). The summed E-state index contributed by atoms with van der Waals surface area (Å²) in [5.74, 6) is 0.174. The number of aromatic nitrogens is 2. The Morgan fingerprint density at radius 3 is 2.58 bits per heavy atom. The Balaban J connectivity index is 1.95. The Kier molecular flexibility index (Phi) is 6.94. The number of anilines is 1. The van der Waals surface area contributed by atoms with Crippen LogP contribution in [0.3, 0.4) is 0 Å². The Bertz CT molecular complexity index is 707. The van der Waals surface area contributed by atoms with Crippen LogP contribution in [-0.2, 0) is 11.0 Å². The second kappa shape index (κ2) is 9.17. The molecule has 2 N–H and O–H groups in total. The van der Waals surface area contributed by atoms with Crippen LogP contribution >= 0.6 is 0 Å². The zero-order chi connectivity index (χ0) is 19.0. The molecule has 0 spiro atoms. The van der Waals surface area contributed by atoms with Crippen molar-refractivity contribution in [3.8, 4) is 0 Å². The second-order valence-corrected chi connectivity index (χ2v) is 5.78. The number of rotatable bonds is 8. The standard InChI is InChI=1S/C18H21F3N4O/c1-2-5-15(13-6-3-7-14(12-13)18(19,20)21)25-16(26)8-11-24-17-22-9-4-10-23-17/h3-4,6-7,9-10,12,15H,2,5,8,11H2,1H3,(H,25,26)(H,22,23,24). The van der Waals surface area contributed by atoms with Crippen molar-refractivity contribution < 1.29 is 18.0 Å². The number of nitrogens with zero attached hydrogens (tertiary/aromatic N) is 2. The predicted octanol–water partition coefficient (Wildman–Crippen LogP) is 3.96. The van der Waals surface area contributed by atoms with Gasteiger partial charge in [0.15, 0.2) is 0 Å². The molecule has 0 radical (unpaired) electrons. The number of amides is 1. The van der Waals surface area contributed by atoms with Crippen LogP contribution in [0.2, 0.25) is 0 Å². The topological polar surface area (TPSA) is 66.9 Å². The highest BCUT2D eigenvalue weighted by Gasteiger charge is 2.31. The molecule has 1 atom stereocenters. The maximum atomic E-state index is 12.9. The molecule has 26 heavy (non-hydrogen) atoms. The van der Waals surface area contributed by atoms with Gasteiger partial charge in [0.2, 0.25) is 11.9 Å². The van der Waals surface area contributed by atoms with E-state index in [0.717, 1.165) is 18.6 Å². The molecule has 0 saturated carbocycles. The molecule has 8 heteroatoms. The van der Waals surface area contributed by atoms with Gasteiger partial charge >= 0.3 is 6.18 Å². The molecule has 0 aliphatic heterocycles. The average molecular weight is 366 g/mol. The third-order valence-corrected chi connectivity index (χ3v) is 3.73. The number of hydrogen-bond donors (Lipinski definition) is 2. The van der Waals surface area contributed by atoms with Crippen LogP contribution in [0, 0.1) is 0 Å². The third-order valence-electron chi connectivity index (χ3n) is 3.73. The molecule has 0 saturated heterocycles. The van der Waals surface area contributed by atoms with Crippen molar-refractivity contribution in [2.45, 2.75) is 38.4 Å². The highest BCUT2D eigenvalue weighted by Crippen LogP contribution is 2.31. The average Bonchev–Trinajstić information content (AvgIpc) is 2.62. The normalized spacial score (nSPS) is 12.5. The summed E-state index contributed by atoms with van der Waals surface area (Å²) in [6, 6.07) is 6.31. The molecular formula is C18H21F3N4O. The Morgan fingerprint density at radius 2 is 1.92 bits per heavy atom. The quantitative estimate of drug-likeness (QED) is 0.742. The minimum atomic E-state index is -4.41. The van der Waals surface area contributed by atoms with Crippen molar-refractivity contribution in [1.82, 2.24) is 15.3 Å². The summed E-state index contributed by atoms with van der Waals surface area (Å²) in [6.45, 7) is 2.25. The molecule has 1 amide bonds. The first-order valence-electron chi connectivity index (χ1n) is 8.37. The molecule has 0 bridgehead atoms. The molecule has 5 nitrogen and oxygen atoms in total. The lowest BCUT2D eigenvalue weighted by Crippen LogP contribution is -2.30. The van der Waals surface area contributed by atoms with E-state index in [0.29, 0.717) is 24.5 Å². The minimum Gasteiger partial charge on any atom is -0.354 e. The molecule has 0 aliphatic carbocycles. The van der Waals surface area contributed by atoms with Gasteiger partial charge in [-0.15, -0.1) is 0 Å². The SMILES string of the molecule is CCCC(NC(=O)CCNc1ncccn1)c1cccc(C(F)(F)F)c1. The highest BCUT2D eigenvalue weighted by atomic mass is 19.4. The fourth-order valence-corrected chi connectivity index (χ4v) is 2.49. The Hall–Kier alpha value is -2.64. The maximum Gasteiger partial charge on any atom is 0.416 e. The van der Waals surface area contributed by atoms with Crippen LogP contribution in [-0.4, -0.2) is 22.4 Å². The van der Waals surface area contributed by atoms with Crippen molar-refractivity contribution in [3.63, 3.8) is 0 Å². The van der Waals surface area contributed by atoms with E-state index >= 15 is 0 Å². The maximum absolute atomic E-state index is 12.9. The van der Waals surface area contributed by atoms with Gasteiger partial charge in [-0.05, 0) is 30.2 Å². The van der Waals surface area contributed by atoms with Crippen molar-refractivity contribution >= 4 is 11.9 Å². The van der Waals surface area contributed by atoms with E-state index in [4.69, 9.17) is 0 Å². The highest BCUT2D eigenvalue weighted by molar-refractivity contribution is 5.77. The molecule has 1 unspecified atom stereocenters. The smallest absolute Gasteiger partial charge is 0.354 e. The second-order valence-electron chi connectivity index (χ2n) is 5.78. The third kappa shape index (κ3) is 6.02. The van der Waals surface area contributed by atoms with Crippen molar-refractivity contribution in [3.05, 3.63) is 53.9 Å². The summed E-state index contributed by atoms with van der Waals surface area (Å²) < 4.78 is 38.7. The summed E-state index contributed by atoms with van der Waals surface area (Å²) in [5, 5.41) is 5.73. The van der Waals surface area contributed by atoms with Crippen LogP contribution < -0.4 is 10.6 Å². The van der Waals surface area contributed by atoms with E-state index < -0.39 is 17.8 Å². The number of hydrogen-bond acceptors (Lipinski definition) is 4. The van der Waals surface area contributed by atoms with Gasteiger partial charge in [-0.1, -0.05) is 25.5 Å². The van der Waals surface area contributed by atoms with Gasteiger partial charge in [-0.2, -0.15) is 13.2 Å². The first kappa shape index (κ1) is 19.7. The summed E-state index contributed by atoms with van der Waals surface area (Å²) >= 11 is 0. The van der Waals surface area contributed by atoms with E-state index in [1.54, 1.807) is 24.5 Å². The van der Waals surface area contributed by atoms with Crippen LogP contribution in [0.25, 0.3) is 0 Å². The zero-order valence-corrected chi connectivity index (χ0v) is 14.4. The summed E-state index contributed by atoms with van der Waals surface area (Å²) in [6.07, 6.45) is 0.216. The molecule has 140 valence electrons. The lowest BCUT2D eigenvalue weighted by atomic mass is 9.99. The molecule has 1 aromatic carbocycles. The fraction of sp³-hybridized carbons (Fsp3) is 0.389. The van der Waals surface area contributed by atoms with Gasteiger partial charge in [-0.25, -0.2) is 9.97 Å². The number of alkyl halides is 3. The van der Waals surface area contributed by atoms with Gasteiger partial charge < -0.3 is 10.6 Å². The first-order chi connectivity index (χ1) is 12.4. The number of nitrogens with one attached hydrogen (secondary N) is 2. The van der Waals surface area contributed by atoms with Crippen molar-refractivity contribution in [2.24, 2.45) is 0 Å². The molecular weight excluding hydrogens is 345 g/mol.